The van der Waals surface area contributed by atoms with E-state index in [4.69, 9.17) is 9.72 Å². The van der Waals surface area contributed by atoms with Crippen molar-refractivity contribution in [1.29, 1.82) is 0 Å². The molecule has 1 aliphatic rings. The summed E-state index contributed by atoms with van der Waals surface area (Å²) in [5.41, 5.74) is 3.50. The highest BCUT2D eigenvalue weighted by atomic mass is 32.1. The van der Waals surface area contributed by atoms with E-state index in [0.717, 1.165) is 42.2 Å². The zero-order chi connectivity index (χ0) is 14.9. The monoisotopic (exact) mass is 313 g/mol. The van der Waals surface area contributed by atoms with Crippen LogP contribution in [0.1, 0.15) is 23.7 Å². The van der Waals surface area contributed by atoms with Gasteiger partial charge < -0.3 is 9.72 Å². The summed E-state index contributed by atoms with van der Waals surface area (Å²) in [6.45, 7) is 3.27. The molecule has 0 amide bonds. The highest BCUT2D eigenvalue weighted by Gasteiger charge is 2.26. The van der Waals surface area contributed by atoms with Crippen LogP contribution in [0.15, 0.2) is 35.0 Å². The Morgan fingerprint density at radius 2 is 2.36 bits per heavy atom. The van der Waals surface area contributed by atoms with Gasteiger partial charge in [-0.25, -0.2) is 4.98 Å². The summed E-state index contributed by atoms with van der Waals surface area (Å²) in [5, 5.41) is 4.39. The van der Waals surface area contributed by atoms with E-state index in [-0.39, 0.29) is 0 Å². The fourth-order valence-corrected chi connectivity index (χ4v) is 3.83. The molecule has 114 valence electrons. The molecule has 1 N–H and O–H groups in total. The Hall–Kier alpha value is -1.85. The molecule has 4 rings (SSSR count). The maximum Gasteiger partial charge on any atom is 0.121 e. The van der Waals surface area contributed by atoms with Crippen molar-refractivity contribution >= 4 is 22.4 Å². The number of nitrogens with one attached hydrogen (secondary N) is 1. The quantitative estimate of drug-likeness (QED) is 0.800. The summed E-state index contributed by atoms with van der Waals surface area (Å²) < 4.78 is 5.28. The molecule has 1 saturated heterocycles. The number of hydrogen-bond donors (Lipinski definition) is 1. The lowest BCUT2D eigenvalue weighted by Crippen LogP contribution is -2.19. The number of likely N-dealkylation sites (tertiary alicyclic amines) is 1. The van der Waals surface area contributed by atoms with Crippen molar-refractivity contribution in [2.24, 2.45) is 0 Å². The number of aromatic nitrogens is 2. The van der Waals surface area contributed by atoms with Crippen LogP contribution in [0.25, 0.3) is 11.0 Å². The van der Waals surface area contributed by atoms with Crippen molar-refractivity contribution in [1.82, 2.24) is 14.9 Å². The first kappa shape index (κ1) is 13.8. The van der Waals surface area contributed by atoms with Crippen LogP contribution in [-0.4, -0.2) is 35.1 Å². The number of methoxy groups -OCH3 is 1. The number of thiophene rings is 1. The number of rotatable bonds is 4. The Balaban J connectivity index is 1.50. The molecule has 1 aliphatic heterocycles. The van der Waals surface area contributed by atoms with Crippen molar-refractivity contribution in [3.63, 3.8) is 0 Å². The van der Waals surface area contributed by atoms with Gasteiger partial charge in [-0.15, -0.1) is 0 Å². The number of aromatic amines is 1. The average molecular weight is 313 g/mol. The molecule has 5 heteroatoms. The molecule has 3 aromatic rings. The average Bonchev–Trinajstić information content (AvgIpc) is 3.26. The van der Waals surface area contributed by atoms with E-state index < -0.39 is 0 Å². The minimum Gasteiger partial charge on any atom is -0.497 e. The fraction of sp³-hybridized carbons (Fsp3) is 0.353. The van der Waals surface area contributed by atoms with Gasteiger partial charge in [-0.1, -0.05) is 0 Å². The van der Waals surface area contributed by atoms with Gasteiger partial charge in [-0.3, -0.25) is 4.90 Å². The standard InChI is InChI=1S/C17H19N3OS/c1-21-14-2-3-15-16(8-14)19-17(18-15)13-4-6-20(10-13)9-12-5-7-22-11-12/h2-3,5,7-8,11,13H,4,6,9-10H2,1H3,(H,18,19)/t13-/m0/s1. The molecule has 0 bridgehead atoms. The maximum atomic E-state index is 5.28. The predicted octanol–water partition coefficient (Wildman–Crippen LogP) is 3.62. The van der Waals surface area contributed by atoms with Crippen LogP contribution in [-0.2, 0) is 6.54 Å². The second kappa shape index (κ2) is 5.74. The highest BCUT2D eigenvalue weighted by molar-refractivity contribution is 7.07. The molecule has 0 aliphatic carbocycles. The van der Waals surface area contributed by atoms with Crippen LogP contribution in [0, 0.1) is 0 Å². The summed E-state index contributed by atoms with van der Waals surface area (Å²) in [5.74, 6) is 2.47. The number of H-pyrrole nitrogens is 1. The van der Waals surface area contributed by atoms with E-state index in [9.17, 15) is 0 Å². The topological polar surface area (TPSA) is 41.1 Å². The van der Waals surface area contributed by atoms with E-state index in [0.29, 0.717) is 5.92 Å². The van der Waals surface area contributed by atoms with Crippen LogP contribution < -0.4 is 4.74 Å². The third-order valence-corrected chi connectivity index (χ3v) is 5.08. The summed E-state index contributed by atoms with van der Waals surface area (Å²) in [6, 6.07) is 8.21. The van der Waals surface area contributed by atoms with Crippen LogP contribution in [0.3, 0.4) is 0 Å². The molecule has 0 radical (unpaired) electrons. The van der Waals surface area contributed by atoms with Gasteiger partial charge in [0.15, 0.2) is 0 Å². The van der Waals surface area contributed by atoms with Crippen LogP contribution in [0.5, 0.6) is 5.75 Å². The summed E-state index contributed by atoms with van der Waals surface area (Å²) in [7, 11) is 1.69. The second-order valence-electron chi connectivity index (χ2n) is 5.86. The number of hydrogen-bond acceptors (Lipinski definition) is 4. The van der Waals surface area contributed by atoms with Crippen molar-refractivity contribution in [3.05, 3.63) is 46.4 Å². The van der Waals surface area contributed by atoms with Crippen molar-refractivity contribution in [3.8, 4) is 5.75 Å². The molecule has 4 nitrogen and oxygen atoms in total. The van der Waals surface area contributed by atoms with Gasteiger partial charge in [0.25, 0.3) is 0 Å². The van der Waals surface area contributed by atoms with E-state index >= 15 is 0 Å². The van der Waals surface area contributed by atoms with Crippen molar-refractivity contribution < 1.29 is 4.74 Å². The Morgan fingerprint density at radius 1 is 1.41 bits per heavy atom. The Bertz CT molecular complexity index is 765. The van der Waals surface area contributed by atoms with Gasteiger partial charge in [0, 0.05) is 25.1 Å². The Labute approximate surface area is 133 Å². The van der Waals surface area contributed by atoms with Gasteiger partial charge in [0.1, 0.15) is 11.6 Å². The third-order valence-electron chi connectivity index (χ3n) is 4.35. The summed E-state index contributed by atoms with van der Waals surface area (Å²) >= 11 is 1.77. The fourth-order valence-electron chi connectivity index (χ4n) is 3.17. The predicted molar refractivity (Wildman–Crippen MR) is 89.6 cm³/mol. The van der Waals surface area contributed by atoms with Gasteiger partial charge in [0.2, 0.25) is 0 Å². The maximum absolute atomic E-state index is 5.28. The molecule has 3 heterocycles. The normalized spacial score (nSPS) is 19.0. The van der Waals surface area contributed by atoms with E-state index in [1.807, 2.05) is 18.2 Å². The smallest absolute Gasteiger partial charge is 0.121 e. The van der Waals surface area contributed by atoms with Gasteiger partial charge in [-0.2, -0.15) is 11.3 Å². The zero-order valence-corrected chi connectivity index (χ0v) is 13.4. The molecule has 0 spiro atoms. The first-order chi connectivity index (χ1) is 10.8. The lowest BCUT2D eigenvalue weighted by atomic mass is 10.1. The summed E-state index contributed by atoms with van der Waals surface area (Å²) in [4.78, 5) is 10.8. The SMILES string of the molecule is COc1ccc2nc([C@H]3CCN(Cc4ccsc4)C3)[nH]c2c1. The first-order valence-corrected chi connectivity index (χ1v) is 8.53. The minimum absolute atomic E-state index is 0.497. The molecule has 22 heavy (non-hydrogen) atoms. The van der Waals surface area contributed by atoms with E-state index in [1.54, 1.807) is 18.4 Å². The number of nitrogens with zero attached hydrogens (tertiary/aromatic N) is 2. The van der Waals surface area contributed by atoms with Crippen LogP contribution >= 0.6 is 11.3 Å². The van der Waals surface area contributed by atoms with Crippen LogP contribution in [0.4, 0.5) is 0 Å². The molecule has 1 aromatic carbocycles. The largest absolute Gasteiger partial charge is 0.497 e. The summed E-state index contributed by atoms with van der Waals surface area (Å²) in [6.07, 6.45) is 1.17. The number of imidazole rings is 1. The van der Waals surface area contributed by atoms with E-state index in [2.05, 4.69) is 26.7 Å². The lowest BCUT2D eigenvalue weighted by Gasteiger charge is -2.14. The number of fused-ring (bicyclic) bond motifs is 1. The van der Waals surface area contributed by atoms with Gasteiger partial charge in [-0.05, 0) is 47.5 Å². The second-order valence-corrected chi connectivity index (χ2v) is 6.64. The van der Waals surface area contributed by atoms with Crippen molar-refractivity contribution in [2.75, 3.05) is 20.2 Å². The zero-order valence-electron chi connectivity index (χ0n) is 12.6. The molecule has 2 aromatic heterocycles. The molecule has 0 saturated carbocycles. The van der Waals surface area contributed by atoms with Gasteiger partial charge in [0.05, 0.1) is 18.1 Å². The molecular weight excluding hydrogens is 294 g/mol. The lowest BCUT2D eigenvalue weighted by molar-refractivity contribution is 0.326. The molecule has 0 unspecified atom stereocenters. The Kier molecular flexibility index (Phi) is 3.60. The highest BCUT2D eigenvalue weighted by Crippen LogP contribution is 2.29. The first-order valence-electron chi connectivity index (χ1n) is 7.59. The molecular formula is C17H19N3OS. The van der Waals surface area contributed by atoms with E-state index in [1.165, 1.54) is 12.0 Å². The molecule has 1 fully saturated rings. The molecule has 1 atom stereocenters. The third kappa shape index (κ3) is 2.62. The van der Waals surface area contributed by atoms with Crippen molar-refractivity contribution in [2.45, 2.75) is 18.9 Å². The Morgan fingerprint density at radius 3 is 3.18 bits per heavy atom. The number of ether oxygens (including phenoxy) is 1. The minimum atomic E-state index is 0.497. The number of benzene rings is 1. The van der Waals surface area contributed by atoms with Crippen LogP contribution in [0.2, 0.25) is 0 Å². The van der Waals surface area contributed by atoms with Gasteiger partial charge >= 0.3 is 0 Å².